The number of hydrogen-bond donors (Lipinski definition) is 1. The van der Waals surface area contributed by atoms with E-state index in [1.54, 1.807) is 24.3 Å². The fourth-order valence-electron chi connectivity index (χ4n) is 3.05. The van der Waals surface area contributed by atoms with Gasteiger partial charge in [-0.1, -0.05) is 24.3 Å². The van der Waals surface area contributed by atoms with E-state index in [0.717, 1.165) is 37.1 Å². The Balaban J connectivity index is 1.94. The Morgan fingerprint density at radius 1 is 0.818 bits per heavy atom. The topological polar surface area (TPSA) is 23.5 Å². The number of hydrogen-bond acceptors (Lipinski definition) is 2. The molecular formula is C18H19F2NO. The summed E-state index contributed by atoms with van der Waals surface area (Å²) >= 11 is 0. The standard InChI is InChI=1S/C18H19F2NO/c19-15-5-1-13(2-6-15)18(14-3-7-16(20)8-4-14)21-11-9-17(22)10-12-21/h1-8,17-18,22H,9-12H2. The number of halogens is 2. The zero-order chi connectivity index (χ0) is 15.5. The summed E-state index contributed by atoms with van der Waals surface area (Å²) in [7, 11) is 0. The first-order valence-electron chi connectivity index (χ1n) is 7.56. The monoisotopic (exact) mass is 303 g/mol. The van der Waals surface area contributed by atoms with Crippen molar-refractivity contribution < 1.29 is 13.9 Å². The van der Waals surface area contributed by atoms with Crippen LogP contribution in [0.5, 0.6) is 0 Å². The Morgan fingerprint density at radius 2 is 1.23 bits per heavy atom. The predicted molar refractivity (Wildman–Crippen MR) is 81.5 cm³/mol. The Bertz CT molecular complexity index is 558. The highest BCUT2D eigenvalue weighted by Crippen LogP contribution is 2.31. The lowest BCUT2D eigenvalue weighted by Crippen LogP contribution is -2.39. The largest absolute Gasteiger partial charge is 0.393 e. The second kappa shape index (κ2) is 6.55. The highest BCUT2D eigenvalue weighted by molar-refractivity contribution is 5.32. The van der Waals surface area contributed by atoms with Gasteiger partial charge < -0.3 is 5.11 Å². The predicted octanol–water partition coefficient (Wildman–Crippen LogP) is 3.51. The SMILES string of the molecule is OC1CCN(C(c2ccc(F)cc2)c2ccc(F)cc2)CC1. The number of rotatable bonds is 3. The van der Waals surface area contributed by atoms with Crippen molar-refractivity contribution in [2.45, 2.75) is 25.0 Å². The van der Waals surface area contributed by atoms with E-state index < -0.39 is 0 Å². The van der Waals surface area contributed by atoms with Crippen molar-refractivity contribution in [3.63, 3.8) is 0 Å². The Kier molecular flexibility index (Phi) is 4.50. The van der Waals surface area contributed by atoms with Gasteiger partial charge in [0.15, 0.2) is 0 Å². The van der Waals surface area contributed by atoms with Gasteiger partial charge in [0.2, 0.25) is 0 Å². The molecule has 2 aromatic rings. The van der Waals surface area contributed by atoms with Gasteiger partial charge in [0.05, 0.1) is 12.1 Å². The lowest BCUT2D eigenvalue weighted by Gasteiger charge is -2.36. The van der Waals surface area contributed by atoms with Crippen LogP contribution in [0.2, 0.25) is 0 Å². The van der Waals surface area contributed by atoms with Crippen molar-refractivity contribution in [1.82, 2.24) is 4.90 Å². The Hall–Kier alpha value is -1.78. The first-order valence-corrected chi connectivity index (χ1v) is 7.56. The molecule has 22 heavy (non-hydrogen) atoms. The number of nitrogens with zero attached hydrogens (tertiary/aromatic N) is 1. The molecule has 0 aromatic heterocycles. The van der Waals surface area contributed by atoms with Crippen molar-refractivity contribution in [2.24, 2.45) is 0 Å². The van der Waals surface area contributed by atoms with Crippen LogP contribution in [-0.2, 0) is 0 Å². The summed E-state index contributed by atoms with van der Waals surface area (Å²) in [6, 6.07) is 12.8. The number of benzene rings is 2. The first-order chi connectivity index (χ1) is 10.6. The van der Waals surface area contributed by atoms with Crippen LogP contribution in [0.15, 0.2) is 48.5 Å². The summed E-state index contributed by atoms with van der Waals surface area (Å²) in [5.41, 5.74) is 1.95. The van der Waals surface area contributed by atoms with Crippen LogP contribution in [0.25, 0.3) is 0 Å². The minimum atomic E-state index is -0.268. The molecule has 0 atom stereocenters. The molecule has 0 aliphatic carbocycles. The van der Waals surface area contributed by atoms with E-state index >= 15 is 0 Å². The normalized spacial score (nSPS) is 17.1. The molecule has 116 valence electrons. The van der Waals surface area contributed by atoms with Crippen LogP contribution < -0.4 is 0 Å². The third-order valence-electron chi connectivity index (χ3n) is 4.24. The minimum absolute atomic E-state index is 0.0475. The summed E-state index contributed by atoms with van der Waals surface area (Å²) in [5, 5.41) is 9.70. The van der Waals surface area contributed by atoms with Gasteiger partial charge in [0.1, 0.15) is 11.6 Å². The molecule has 1 fully saturated rings. The molecule has 0 amide bonds. The van der Waals surface area contributed by atoms with Gasteiger partial charge in [0, 0.05) is 13.1 Å². The molecule has 1 aliphatic rings. The maximum Gasteiger partial charge on any atom is 0.123 e. The van der Waals surface area contributed by atoms with Gasteiger partial charge in [-0.25, -0.2) is 8.78 Å². The zero-order valence-corrected chi connectivity index (χ0v) is 12.3. The fraction of sp³-hybridized carbons (Fsp3) is 0.333. The van der Waals surface area contributed by atoms with Crippen molar-refractivity contribution >= 4 is 0 Å². The number of piperidine rings is 1. The molecule has 0 radical (unpaired) electrons. The third kappa shape index (κ3) is 3.34. The van der Waals surface area contributed by atoms with E-state index in [-0.39, 0.29) is 23.8 Å². The second-order valence-electron chi connectivity index (χ2n) is 5.77. The molecule has 2 aromatic carbocycles. The van der Waals surface area contributed by atoms with Crippen molar-refractivity contribution in [2.75, 3.05) is 13.1 Å². The van der Waals surface area contributed by atoms with Gasteiger partial charge in [-0.2, -0.15) is 0 Å². The molecule has 0 bridgehead atoms. The summed E-state index contributed by atoms with van der Waals surface area (Å²) < 4.78 is 26.4. The molecule has 0 unspecified atom stereocenters. The van der Waals surface area contributed by atoms with Crippen molar-refractivity contribution in [3.8, 4) is 0 Å². The van der Waals surface area contributed by atoms with Crippen LogP contribution in [0.1, 0.15) is 30.0 Å². The molecule has 0 saturated carbocycles. The highest BCUT2D eigenvalue weighted by atomic mass is 19.1. The molecule has 1 N–H and O–H groups in total. The molecule has 1 saturated heterocycles. The second-order valence-corrected chi connectivity index (χ2v) is 5.77. The van der Waals surface area contributed by atoms with Crippen LogP contribution in [0.3, 0.4) is 0 Å². The Morgan fingerprint density at radius 3 is 1.64 bits per heavy atom. The third-order valence-corrected chi connectivity index (χ3v) is 4.24. The molecule has 0 spiro atoms. The summed E-state index contributed by atoms with van der Waals surface area (Å²) in [4.78, 5) is 2.26. The molecule has 2 nitrogen and oxygen atoms in total. The number of likely N-dealkylation sites (tertiary alicyclic amines) is 1. The minimum Gasteiger partial charge on any atom is -0.393 e. The van der Waals surface area contributed by atoms with Gasteiger partial charge in [-0.15, -0.1) is 0 Å². The average Bonchev–Trinajstić information content (AvgIpc) is 2.53. The summed E-state index contributed by atoms with van der Waals surface area (Å²) in [5.74, 6) is -0.536. The van der Waals surface area contributed by atoms with Crippen LogP contribution in [-0.4, -0.2) is 29.2 Å². The Labute approximate surface area is 129 Å². The fourth-order valence-corrected chi connectivity index (χ4v) is 3.05. The van der Waals surface area contributed by atoms with Crippen molar-refractivity contribution in [3.05, 3.63) is 71.3 Å². The van der Waals surface area contributed by atoms with E-state index in [2.05, 4.69) is 4.90 Å². The summed E-state index contributed by atoms with van der Waals surface area (Å²) in [6.07, 6.45) is 1.19. The first kappa shape index (κ1) is 15.1. The number of aliphatic hydroxyl groups excluding tert-OH is 1. The van der Waals surface area contributed by atoms with Crippen LogP contribution >= 0.6 is 0 Å². The highest BCUT2D eigenvalue weighted by Gasteiger charge is 2.26. The van der Waals surface area contributed by atoms with E-state index in [4.69, 9.17) is 0 Å². The maximum atomic E-state index is 13.2. The maximum absolute atomic E-state index is 13.2. The van der Waals surface area contributed by atoms with E-state index in [1.165, 1.54) is 24.3 Å². The van der Waals surface area contributed by atoms with Gasteiger partial charge >= 0.3 is 0 Å². The zero-order valence-electron chi connectivity index (χ0n) is 12.3. The smallest absolute Gasteiger partial charge is 0.123 e. The lowest BCUT2D eigenvalue weighted by atomic mass is 9.94. The molecule has 1 heterocycles. The average molecular weight is 303 g/mol. The number of aliphatic hydroxyl groups is 1. The molecule has 4 heteroatoms. The van der Waals surface area contributed by atoms with E-state index in [1.807, 2.05) is 0 Å². The van der Waals surface area contributed by atoms with E-state index in [9.17, 15) is 13.9 Å². The molecular weight excluding hydrogens is 284 g/mol. The van der Waals surface area contributed by atoms with Gasteiger partial charge in [-0.05, 0) is 48.2 Å². The van der Waals surface area contributed by atoms with Gasteiger partial charge in [0.25, 0.3) is 0 Å². The van der Waals surface area contributed by atoms with Crippen LogP contribution in [0, 0.1) is 11.6 Å². The van der Waals surface area contributed by atoms with Crippen LogP contribution in [0.4, 0.5) is 8.78 Å². The van der Waals surface area contributed by atoms with Gasteiger partial charge in [-0.3, -0.25) is 4.90 Å². The molecule has 1 aliphatic heterocycles. The van der Waals surface area contributed by atoms with Crippen molar-refractivity contribution in [1.29, 1.82) is 0 Å². The van der Waals surface area contributed by atoms with E-state index in [0.29, 0.717) is 0 Å². The quantitative estimate of drug-likeness (QED) is 0.938. The summed E-state index contributed by atoms with van der Waals surface area (Å²) in [6.45, 7) is 1.53. The molecule has 3 rings (SSSR count). The lowest BCUT2D eigenvalue weighted by molar-refractivity contribution is 0.0688.